The zero-order chi connectivity index (χ0) is 19.1. The largest absolute Gasteiger partial charge is 0.465 e. The predicted molar refractivity (Wildman–Crippen MR) is 108 cm³/mol. The topological polar surface area (TPSA) is 76.1 Å². The highest BCUT2D eigenvalue weighted by molar-refractivity contribution is 9.10. The number of ether oxygens (including phenoxy) is 1. The van der Waals surface area contributed by atoms with Crippen molar-refractivity contribution in [3.8, 4) is 0 Å². The Bertz CT molecular complexity index is 767. The van der Waals surface area contributed by atoms with Gasteiger partial charge in [0.1, 0.15) is 5.82 Å². The van der Waals surface area contributed by atoms with Crippen LogP contribution in [-0.4, -0.2) is 29.1 Å². The molecule has 0 saturated heterocycles. The van der Waals surface area contributed by atoms with Gasteiger partial charge < -0.3 is 15.4 Å². The van der Waals surface area contributed by atoms with Crippen LogP contribution >= 0.6 is 15.9 Å². The number of rotatable bonds is 8. The van der Waals surface area contributed by atoms with Crippen LogP contribution in [0.25, 0.3) is 0 Å². The Hall–Kier alpha value is -2.15. The number of aromatic nitrogens is 2. The summed E-state index contributed by atoms with van der Waals surface area (Å²) in [5.74, 6) is 0.897. The van der Waals surface area contributed by atoms with Gasteiger partial charge in [0, 0.05) is 28.0 Å². The van der Waals surface area contributed by atoms with Crippen LogP contribution in [0.15, 0.2) is 28.9 Å². The van der Waals surface area contributed by atoms with Crippen molar-refractivity contribution in [2.24, 2.45) is 0 Å². The molecule has 6 nitrogen and oxygen atoms in total. The van der Waals surface area contributed by atoms with E-state index in [9.17, 15) is 4.79 Å². The molecule has 1 atom stereocenters. The lowest BCUT2D eigenvalue weighted by Crippen LogP contribution is -2.20. The van der Waals surface area contributed by atoms with Crippen molar-refractivity contribution < 1.29 is 9.53 Å². The molecule has 0 spiro atoms. The number of nitrogens with one attached hydrogen (secondary N) is 2. The molecule has 0 aliphatic heterocycles. The van der Waals surface area contributed by atoms with E-state index in [0.717, 1.165) is 30.6 Å². The number of halogens is 1. The molecule has 7 heteroatoms. The third-order valence-electron chi connectivity index (χ3n) is 4.07. The molecule has 0 radical (unpaired) electrons. The highest BCUT2D eigenvalue weighted by Gasteiger charge is 2.13. The van der Waals surface area contributed by atoms with E-state index in [4.69, 9.17) is 4.74 Å². The number of methoxy groups -OCH3 is 1. The first-order chi connectivity index (χ1) is 12.5. The molecular weight excluding hydrogens is 396 g/mol. The van der Waals surface area contributed by atoms with Crippen LogP contribution in [0.5, 0.6) is 0 Å². The van der Waals surface area contributed by atoms with Crippen LogP contribution in [-0.2, 0) is 4.74 Å². The maximum Gasteiger partial charge on any atom is 0.339 e. The maximum absolute atomic E-state index is 11.8. The van der Waals surface area contributed by atoms with E-state index in [1.807, 2.05) is 13.0 Å². The van der Waals surface area contributed by atoms with Crippen LogP contribution in [0.3, 0.4) is 0 Å². The fraction of sp³-hybridized carbons (Fsp3) is 0.421. The van der Waals surface area contributed by atoms with Gasteiger partial charge in [-0.05, 0) is 53.9 Å². The molecular formula is C19H25BrN4O2. The molecule has 2 aromatic rings. The summed E-state index contributed by atoms with van der Waals surface area (Å²) in [5.41, 5.74) is 2.15. The van der Waals surface area contributed by atoms with Gasteiger partial charge >= 0.3 is 5.97 Å². The van der Waals surface area contributed by atoms with Crippen LogP contribution in [0.4, 0.5) is 17.5 Å². The van der Waals surface area contributed by atoms with Gasteiger partial charge in [0.15, 0.2) is 0 Å². The number of anilines is 3. The monoisotopic (exact) mass is 420 g/mol. The summed E-state index contributed by atoms with van der Waals surface area (Å²) in [6, 6.07) is 5.73. The van der Waals surface area contributed by atoms with Crippen LogP contribution in [0.2, 0.25) is 0 Å². The van der Waals surface area contributed by atoms with E-state index >= 15 is 0 Å². The number of aryl methyl sites for hydroxylation is 1. The zero-order valence-electron chi connectivity index (χ0n) is 15.6. The fourth-order valence-electron chi connectivity index (χ4n) is 2.57. The normalized spacial score (nSPS) is 11.7. The SMILES string of the molecule is CCCC(CC)Nc1nc(Nc2ccc(Br)c(C(=O)OC)c2)ncc1C. The molecule has 140 valence electrons. The third kappa shape index (κ3) is 5.17. The molecule has 1 unspecified atom stereocenters. The van der Waals surface area contributed by atoms with Gasteiger partial charge in [-0.25, -0.2) is 9.78 Å². The first-order valence-corrected chi connectivity index (χ1v) is 9.52. The molecule has 1 aromatic heterocycles. The Labute approximate surface area is 162 Å². The fourth-order valence-corrected chi connectivity index (χ4v) is 2.98. The van der Waals surface area contributed by atoms with Crippen molar-refractivity contribution in [2.75, 3.05) is 17.7 Å². The Morgan fingerprint density at radius 3 is 2.77 bits per heavy atom. The standard InChI is InChI=1S/C19H25BrN4O2/c1-5-7-13(6-2)22-17-12(3)11-21-19(24-17)23-14-8-9-16(20)15(10-14)18(25)26-4/h8-11,13H,5-7H2,1-4H3,(H2,21,22,23,24). The van der Waals surface area contributed by atoms with Crippen molar-refractivity contribution in [3.05, 3.63) is 40.0 Å². The quantitative estimate of drug-likeness (QED) is 0.580. The van der Waals surface area contributed by atoms with Gasteiger partial charge in [-0.2, -0.15) is 4.98 Å². The third-order valence-corrected chi connectivity index (χ3v) is 4.76. The van der Waals surface area contributed by atoms with Gasteiger partial charge in [-0.1, -0.05) is 20.3 Å². The van der Waals surface area contributed by atoms with Gasteiger partial charge in [0.05, 0.1) is 12.7 Å². The van der Waals surface area contributed by atoms with Crippen molar-refractivity contribution in [2.45, 2.75) is 46.1 Å². The highest BCUT2D eigenvalue weighted by atomic mass is 79.9. The maximum atomic E-state index is 11.8. The summed E-state index contributed by atoms with van der Waals surface area (Å²) in [6.07, 6.45) is 5.04. The minimum absolute atomic E-state index is 0.389. The molecule has 0 saturated carbocycles. The number of benzene rings is 1. The number of carbonyl (C=O) groups excluding carboxylic acids is 1. The zero-order valence-corrected chi connectivity index (χ0v) is 17.2. The molecule has 0 aliphatic carbocycles. The molecule has 0 amide bonds. The minimum Gasteiger partial charge on any atom is -0.465 e. The van der Waals surface area contributed by atoms with E-state index in [1.165, 1.54) is 7.11 Å². The summed E-state index contributed by atoms with van der Waals surface area (Å²) in [6.45, 7) is 6.33. The summed E-state index contributed by atoms with van der Waals surface area (Å²) in [5, 5.41) is 6.65. The van der Waals surface area contributed by atoms with Crippen LogP contribution in [0.1, 0.15) is 49.0 Å². The first-order valence-electron chi connectivity index (χ1n) is 8.73. The lowest BCUT2D eigenvalue weighted by molar-refractivity contribution is 0.0599. The number of carbonyl (C=O) groups is 1. The van der Waals surface area contributed by atoms with Crippen molar-refractivity contribution in [1.29, 1.82) is 0 Å². The molecule has 1 heterocycles. The van der Waals surface area contributed by atoms with E-state index in [2.05, 4.69) is 50.4 Å². The van der Waals surface area contributed by atoms with Crippen molar-refractivity contribution in [3.63, 3.8) is 0 Å². The highest BCUT2D eigenvalue weighted by Crippen LogP contribution is 2.24. The Morgan fingerprint density at radius 1 is 1.35 bits per heavy atom. The second kappa shape index (κ2) is 9.52. The summed E-state index contributed by atoms with van der Waals surface area (Å²) < 4.78 is 5.47. The van der Waals surface area contributed by atoms with Gasteiger partial charge in [-0.15, -0.1) is 0 Å². The van der Waals surface area contributed by atoms with Crippen molar-refractivity contribution >= 4 is 39.4 Å². The number of esters is 1. The van der Waals surface area contributed by atoms with Gasteiger partial charge in [0.25, 0.3) is 0 Å². The van der Waals surface area contributed by atoms with Gasteiger partial charge in [0.2, 0.25) is 5.95 Å². The van der Waals surface area contributed by atoms with E-state index < -0.39 is 5.97 Å². The molecule has 0 bridgehead atoms. The van der Waals surface area contributed by atoms with E-state index in [0.29, 0.717) is 27.7 Å². The second-order valence-corrected chi connectivity index (χ2v) is 6.93. The number of hydrogen-bond donors (Lipinski definition) is 2. The molecule has 1 aromatic carbocycles. The van der Waals surface area contributed by atoms with Crippen LogP contribution in [0, 0.1) is 6.92 Å². The lowest BCUT2D eigenvalue weighted by Gasteiger charge is -2.18. The second-order valence-electron chi connectivity index (χ2n) is 6.07. The Morgan fingerprint density at radius 2 is 2.12 bits per heavy atom. The molecule has 26 heavy (non-hydrogen) atoms. The summed E-state index contributed by atoms with van der Waals surface area (Å²) in [7, 11) is 1.36. The lowest BCUT2D eigenvalue weighted by atomic mass is 10.1. The molecule has 2 rings (SSSR count). The average molecular weight is 421 g/mol. The Balaban J connectivity index is 2.22. The van der Waals surface area contributed by atoms with E-state index in [1.54, 1.807) is 18.3 Å². The van der Waals surface area contributed by atoms with Crippen molar-refractivity contribution in [1.82, 2.24) is 9.97 Å². The minimum atomic E-state index is -0.405. The number of nitrogens with zero attached hydrogens (tertiary/aromatic N) is 2. The first kappa shape index (κ1) is 20.2. The van der Waals surface area contributed by atoms with Gasteiger partial charge in [-0.3, -0.25) is 0 Å². The predicted octanol–water partition coefficient (Wildman–Crippen LogP) is 5.07. The molecule has 2 N–H and O–H groups in total. The average Bonchev–Trinajstić information content (AvgIpc) is 2.64. The Kier molecular flexibility index (Phi) is 7.38. The van der Waals surface area contributed by atoms with E-state index in [-0.39, 0.29) is 0 Å². The smallest absolute Gasteiger partial charge is 0.339 e. The molecule has 0 fully saturated rings. The molecule has 0 aliphatic rings. The summed E-state index contributed by atoms with van der Waals surface area (Å²) in [4.78, 5) is 20.8. The number of hydrogen-bond acceptors (Lipinski definition) is 6. The van der Waals surface area contributed by atoms with Crippen LogP contribution < -0.4 is 10.6 Å². The summed E-state index contributed by atoms with van der Waals surface area (Å²) >= 11 is 3.36.